The summed E-state index contributed by atoms with van der Waals surface area (Å²) in [7, 11) is 0. The Morgan fingerprint density at radius 2 is 1.87 bits per heavy atom. The Morgan fingerprint density at radius 3 is 2.57 bits per heavy atom. The molecule has 1 aliphatic rings. The second kappa shape index (κ2) is 7.12. The average molecular weight is 321 g/mol. The van der Waals surface area contributed by atoms with E-state index in [0.717, 1.165) is 23.0 Å². The zero-order valence-corrected chi connectivity index (χ0v) is 13.3. The van der Waals surface area contributed by atoms with E-state index in [1.54, 1.807) is 40.9 Å². The molecule has 0 bridgehead atoms. The summed E-state index contributed by atoms with van der Waals surface area (Å²) in [6.07, 6.45) is 0.945. The Morgan fingerprint density at radius 1 is 1.13 bits per heavy atom. The molecule has 0 radical (unpaired) electrons. The number of amides is 1. The molecule has 1 aliphatic heterocycles. The highest BCUT2D eigenvalue weighted by Crippen LogP contribution is 2.24. The number of carbonyl (C=O) groups excluding carboxylic acids is 1. The predicted octanol–water partition coefficient (Wildman–Crippen LogP) is 3.83. The Kier molecular flexibility index (Phi) is 4.74. The Hall–Kier alpha value is -2.58. The molecule has 1 amide bonds. The molecule has 0 N–H and O–H groups in total. The monoisotopic (exact) mass is 321 g/mol. The van der Waals surface area contributed by atoms with E-state index in [4.69, 9.17) is 5.26 Å². The maximum atomic E-state index is 12.7. The van der Waals surface area contributed by atoms with Gasteiger partial charge in [-0.25, -0.2) is 4.99 Å². The molecule has 2 aromatic carbocycles. The Labute approximate surface area is 139 Å². The summed E-state index contributed by atoms with van der Waals surface area (Å²) in [4.78, 5) is 19.1. The van der Waals surface area contributed by atoms with Crippen molar-refractivity contribution < 1.29 is 4.79 Å². The van der Waals surface area contributed by atoms with E-state index in [-0.39, 0.29) is 5.91 Å². The van der Waals surface area contributed by atoms with Crippen molar-refractivity contribution in [2.75, 3.05) is 12.3 Å². The van der Waals surface area contributed by atoms with Crippen LogP contribution in [0.25, 0.3) is 0 Å². The highest BCUT2D eigenvalue weighted by molar-refractivity contribution is 8.13. The predicted molar refractivity (Wildman–Crippen MR) is 92.8 cm³/mol. The number of benzene rings is 2. The van der Waals surface area contributed by atoms with Crippen LogP contribution in [-0.4, -0.2) is 28.3 Å². The van der Waals surface area contributed by atoms with E-state index < -0.39 is 0 Å². The van der Waals surface area contributed by atoms with Crippen LogP contribution in [0.2, 0.25) is 0 Å². The molecule has 0 aromatic heterocycles. The zero-order valence-electron chi connectivity index (χ0n) is 12.5. The first-order valence-electron chi connectivity index (χ1n) is 7.36. The molecular weight excluding hydrogens is 306 g/mol. The van der Waals surface area contributed by atoms with Crippen LogP contribution in [-0.2, 0) is 0 Å². The SMILES string of the molecule is N#Cc1ccc(C(=O)N2CCCSC2=Nc2ccccc2)cc1. The summed E-state index contributed by atoms with van der Waals surface area (Å²) >= 11 is 1.60. The van der Waals surface area contributed by atoms with Gasteiger partial charge in [-0.3, -0.25) is 9.69 Å². The van der Waals surface area contributed by atoms with Gasteiger partial charge < -0.3 is 0 Å². The lowest BCUT2D eigenvalue weighted by Gasteiger charge is -2.27. The highest BCUT2D eigenvalue weighted by atomic mass is 32.2. The number of rotatable bonds is 2. The molecule has 1 fully saturated rings. The van der Waals surface area contributed by atoms with Gasteiger partial charge in [0.1, 0.15) is 0 Å². The fourth-order valence-electron chi connectivity index (χ4n) is 2.30. The van der Waals surface area contributed by atoms with Gasteiger partial charge in [-0.2, -0.15) is 5.26 Å². The van der Waals surface area contributed by atoms with Crippen LogP contribution in [0.4, 0.5) is 5.69 Å². The van der Waals surface area contributed by atoms with Crippen molar-refractivity contribution in [3.8, 4) is 6.07 Å². The van der Waals surface area contributed by atoms with Crippen LogP contribution in [0, 0.1) is 11.3 Å². The molecule has 4 nitrogen and oxygen atoms in total. The third-order valence-electron chi connectivity index (χ3n) is 3.48. The van der Waals surface area contributed by atoms with E-state index >= 15 is 0 Å². The quantitative estimate of drug-likeness (QED) is 0.845. The lowest BCUT2D eigenvalue weighted by molar-refractivity contribution is 0.0849. The summed E-state index contributed by atoms with van der Waals surface area (Å²) < 4.78 is 0. The molecule has 0 aliphatic carbocycles. The first-order valence-corrected chi connectivity index (χ1v) is 8.35. The van der Waals surface area contributed by atoms with Gasteiger partial charge in [0, 0.05) is 17.9 Å². The first-order chi connectivity index (χ1) is 11.3. The van der Waals surface area contributed by atoms with E-state index in [0.29, 0.717) is 17.7 Å². The Balaban J connectivity index is 1.87. The molecule has 1 saturated heterocycles. The fourth-order valence-corrected chi connectivity index (χ4v) is 3.25. The van der Waals surface area contributed by atoms with Crippen molar-refractivity contribution in [3.05, 3.63) is 65.7 Å². The van der Waals surface area contributed by atoms with Crippen molar-refractivity contribution in [2.45, 2.75) is 6.42 Å². The molecular formula is C18H15N3OS. The number of hydrogen-bond acceptors (Lipinski definition) is 4. The maximum absolute atomic E-state index is 12.7. The molecule has 23 heavy (non-hydrogen) atoms. The molecule has 0 atom stereocenters. The van der Waals surface area contributed by atoms with Crippen LogP contribution >= 0.6 is 11.8 Å². The minimum Gasteiger partial charge on any atom is -0.287 e. The largest absolute Gasteiger partial charge is 0.287 e. The third kappa shape index (κ3) is 3.61. The van der Waals surface area contributed by atoms with Gasteiger partial charge in [-0.1, -0.05) is 30.0 Å². The van der Waals surface area contributed by atoms with E-state index in [9.17, 15) is 4.79 Å². The summed E-state index contributed by atoms with van der Waals surface area (Å²) in [5.74, 6) is 0.888. The number of amidine groups is 1. The second-order valence-electron chi connectivity index (χ2n) is 5.08. The lowest BCUT2D eigenvalue weighted by Crippen LogP contribution is -2.39. The normalized spacial score (nSPS) is 16.1. The van der Waals surface area contributed by atoms with Crippen molar-refractivity contribution >= 4 is 28.5 Å². The number of nitriles is 1. The topological polar surface area (TPSA) is 56.5 Å². The Bertz CT molecular complexity index is 763. The van der Waals surface area contributed by atoms with Gasteiger partial charge in [0.15, 0.2) is 5.17 Å². The van der Waals surface area contributed by atoms with Crippen molar-refractivity contribution in [2.24, 2.45) is 4.99 Å². The molecule has 1 heterocycles. The fraction of sp³-hybridized carbons (Fsp3) is 0.167. The van der Waals surface area contributed by atoms with Gasteiger partial charge in [0.25, 0.3) is 5.91 Å². The van der Waals surface area contributed by atoms with Crippen LogP contribution < -0.4 is 0 Å². The minimum atomic E-state index is -0.0728. The third-order valence-corrected chi connectivity index (χ3v) is 4.54. The van der Waals surface area contributed by atoms with Gasteiger partial charge in [0.05, 0.1) is 17.3 Å². The van der Waals surface area contributed by atoms with Gasteiger partial charge in [-0.05, 0) is 42.8 Å². The second-order valence-corrected chi connectivity index (χ2v) is 6.14. The van der Waals surface area contributed by atoms with Crippen molar-refractivity contribution in [1.29, 1.82) is 5.26 Å². The van der Waals surface area contributed by atoms with Crippen LogP contribution in [0.15, 0.2) is 59.6 Å². The summed E-state index contributed by atoms with van der Waals surface area (Å²) in [6, 6.07) is 18.4. The van der Waals surface area contributed by atoms with E-state index in [1.165, 1.54) is 0 Å². The van der Waals surface area contributed by atoms with Gasteiger partial charge >= 0.3 is 0 Å². The van der Waals surface area contributed by atoms with E-state index in [1.807, 2.05) is 30.3 Å². The van der Waals surface area contributed by atoms with Crippen molar-refractivity contribution in [3.63, 3.8) is 0 Å². The molecule has 114 valence electrons. The van der Waals surface area contributed by atoms with Gasteiger partial charge in [0.2, 0.25) is 0 Å². The number of hydrogen-bond donors (Lipinski definition) is 0. The molecule has 5 heteroatoms. The van der Waals surface area contributed by atoms with Crippen LogP contribution in [0.3, 0.4) is 0 Å². The highest BCUT2D eigenvalue weighted by Gasteiger charge is 2.24. The van der Waals surface area contributed by atoms with Gasteiger partial charge in [-0.15, -0.1) is 0 Å². The molecule has 0 spiro atoms. The molecule has 3 rings (SSSR count). The van der Waals surface area contributed by atoms with Crippen LogP contribution in [0.5, 0.6) is 0 Å². The number of carbonyl (C=O) groups is 1. The molecule has 0 saturated carbocycles. The maximum Gasteiger partial charge on any atom is 0.259 e. The number of nitrogens with zero attached hydrogens (tertiary/aromatic N) is 3. The zero-order chi connectivity index (χ0) is 16.1. The van der Waals surface area contributed by atoms with Crippen molar-refractivity contribution in [1.82, 2.24) is 4.90 Å². The first kappa shape index (κ1) is 15.3. The number of thioether (sulfide) groups is 1. The standard InChI is InChI=1S/C18H15N3OS/c19-13-14-7-9-15(10-8-14)17(22)21-11-4-12-23-18(21)20-16-5-2-1-3-6-16/h1-3,5-10H,4,11-12H2. The average Bonchev–Trinajstić information content (AvgIpc) is 2.62. The summed E-state index contributed by atoms with van der Waals surface area (Å²) in [5.41, 5.74) is 1.97. The molecule has 0 unspecified atom stereocenters. The lowest BCUT2D eigenvalue weighted by atomic mass is 10.1. The van der Waals surface area contributed by atoms with Crippen LogP contribution in [0.1, 0.15) is 22.3 Å². The molecule has 2 aromatic rings. The summed E-state index contributed by atoms with van der Waals surface area (Å²) in [5, 5.41) is 9.59. The minimum absolute atomic E-state index is 0.0728. The summed E-state index contributed by atoms with van der Waals surface area (Å²) in [6.45, 7) is 0.664. The number of para-hydroxylation sites is 1. The van der Waals surface area contributed by atoms with E-state index in [2.05, 4.69) is 11.1 Å². The smallest absolute Gasteiger partial charge is 0.259 e. The number of aliphatic imine (C=N–C) groups is 1.